The number of hydrogen-bond donors (Lipinski definition) is 3. The average molecular weight is 611 g/mol. The summed E-state index contributed by atoms with van der Waals surface area (Å²) in [4.78, 5) is 40.8. The molecule has 0 radical (unpaired) electrons. The number of carbonyl (C=O) groups excluding carboxylic acids is 1. The van der Waals surface area contributed by atoms with Crippen molar-refractivity contribution < 1.29 is 28.2 Å². The van der Waals surface area contributed by atoms with Crippen LogP contribution in [0.2, 0.25) is 0 Å². The van der Waals surface area contributed by atoms with Crippen LogP contribution in [0.4, 0.5) is 14.6 Å². The van der Waals surface area contributed by atoms with Crippen molar-refractivity contribution in [1.29, 1.82) is 0 Å². The van der Waals surface area contributed by atoms with Crippen LogP contribution in [0.1, 0.15) is 55.5 Å². The van der Waals surface area contributed by atoms with Crippen molar-refractivity contribution in [2.24, 2.45) is 0 Å². The lowest BCUT2D eigenvalue weighted by Crippen LogP contribution is -2.48. The van der Waals surface area contributed by atoms with Crippen LogP contribution in [-0.2, 0) is 32.6 Å². The van der Waals surface area contributed by atoms with Gasteiger partial charge in [0.15, 0.2) is 0 Å². The fraction of sp³-hybridized carbons (Fsp3) is 0.531. The SMILES string of the molecule is COC(CF)CN(CCCCc1ccc2c(n1)NCCC2)CCC(NC(=O)C1(c2ncnc3c(F)cccc23)CC1)C(=O)O. The summed E-state index contributed by atoms with van der Waals surface area (Å²) < 4.78 is 33.2. The molecular weight excluding hydrogens is 570 g/mol. The number of carbonyl (C=O) groups is 2. The number of nitrogens with zero attached hydrogens (tertiary/aromatic N) is 4. The lowest BCUT2D eigenvalue weighted by atomic mass is 9.96. The summed E-state index contributed by atoms with van der Waals surface area (Å²) in [5, 5.41) is 16.5. The van der Waals surface area contributed by atoms with Crippen LogP contribution in [0.15, 0.2) is 36.7 Å². The van der Waals surface area contributed by atoms with Gasteiger partial charge in [-0.2, -0.15) is 0 Å². The molecule has 0 saturated heterocycles. The second-order valence-corrected chi connectivity index (χ2v) is 11.7. The summed E-state index contributed by atoms with van der Waals surface area (Å²) in [6, 6.07) is 7.55. The third-order valence-electron chi connectivity index (χ3n) is 8.67. The van der Waals surface area contributed by atoms with Crippen molar-refractivity contribution in [2.75, 3.05) is 45.3 Å². The van der Waals surface area contributed by atoms with Gasteiger partial charge in [0.05, 0.1) is 17.2 Å². The Labute approximate surface area is 255 Å². The van der Waals surface area contributed by atoms with Crippen LogP contribution in [0.3, 0.4) is 0 Å². The first-order valence-electron chi connectivity index (χ1n) is 15.3. The lowest BCUT2D eigenvalue weighted by Gasteiger charge is -2.27. The van der Waals surface area contributed by atoms with Gasteiger partial charge in [0.2, 0.25) is 5.91 Å². The number of hydrogen-bond acceptors (Lipinski definition) is 8. The predicted octanol–water partition coefficient (Wildman–Crippen LogP) is 3.82. The van der Waals surface area contributed by atoms with Gasteiger partial charge >= 0.3 is 5.97 Å². The Kier molecular flexibility index (Phi) is 10.3. The molecule has 1 fully saturated rings. The molecule has 2 aromatic heterocycles. The van der Waals surface area contributed by atoms with E-state index in [9.17, 15) is 23.5 Å². The summed E-state index contributed by atoms with van der Waals surface area (Å²) in [5.41, 5.74) is 1.76. The molecule has 0 bridgehead atoms. The number of alkyl halides is 1. The zero-order chi connectivity index (χ0) is 31.1. The number of ether oxygens (including phenoxy) is 1. The number of pyridine rings is 1. The van der Waals surface area contributed by atoms with E-state index in [4.69, 9.17) is 9.72 Å². The number of methoxy groups -OCH3 is 1. The summed E-state index contributed by atoms with van der Waals surface area (Å²) in [6.07, 6.45) is 6.29. The maximum atomic E-state index is 14.4. The van der Waals surface area contributed by atoms with E-state index in [2.05, 4.69) is 32.7 Å². The van der Waals surface area contributed by atoms with Gasteiger partial charge in [-0.15, -0.1) is 0 Å². The topological polar surface area (TPSA) is 130 Å². The molecule has 1 aliphatic heterocycles. The fourth-order valence-corrected chi connectivity index (χ4v) is 5.91. The number of unbranched alkanes of at least 4 members (excludes halogenated alkanes) is 1. The monoisotopic (exact) mass is 610 g/mol. The van der Waals surface area contributed by atoms with Crippen LogP contribution < -0.4 is 10.6 Å². The first-order chi connectivity index (χ1) is 21.3. The molecule has 236 valence electrons. The highest BCUT2D eigenvalue weighted by Gasteiger charge is 2.54. The van der Waals surface area contributed by atoms with Crippen LogP contribution in [0.25, 0.3) is 10.9 Å². The van der Waals surface area contributed by atoms with Gasteiger partial charge in [-0.3, -0.25) is 4.79 Å². The Morgan fingerprint density at radius 1 is 1.18 bits per heavy atom. The van der Waals surface area contributed by atoms with E-state index < -0.39 is 41.9 Å². The molecule has 1 aliphatic carbocycles. The minimum atomic E-state index is -1.16. The highest BCUT2D eigenvalue weighted by atomic mass is 19.1. The largest absolute Gasteiger partial charge is 0.480 e. The number of rotatable bonds is 16. The van der Waals surface area contributed by atoms with Crippen molar-refractivity contribution in [3.05, 3.63) is 59.4 Å². The number of amides is 1. The number of fused-ring (bicyclic) bond motifs is 2. The first-order valence-corrected chi connectivity index (χ1v) is 15.3. The molecule has 10 nitrogen and oxygen atoms in total. The van der Waals surface area contributed by atoms with Crippen LogP contribution in [-0.4, -0.2) is 88.9 Å². The third-order valence-corrected chi connectivity index (χ3v) is 8.67. The molecule has 44 heavy (non-hydrogen) atoms. The number of aryl methyl sites for hydroxylation is 2. The van der Waals surface area contributed by atoms with E-state index >= 15 is 0 Å². The summed E-state index contributed by atoms with van der Waals surface area (Å²) >= 11 is 0. The van der Waals surface area contributed by atoms with Gasteiger partial charge in [0, 0.05) is 37.8 Å². The standard InChI is InChI=1S/C32H40F2N6O4/c1-44-23(18-33)19-40(16-3-2-7-22-11-10-21-6-5-15-35-29(21)38-22)17-12-26(30(41)42)39-31(43)32(13-14-32)28-24-8-4-9-25(34)27(24)36-20-37-28/h4,8-11,20,23,26H,2-3,5-7,12-19H2,1H3,(H,35,38)(H,39,43)(H,41,42). The fourth-order valence-electron chi connectivity index (χ4n) is 5.91. The maximum absolute atomic E-state index is 14.4. The molecule has 5 rings (SSSR count). The van der Waals surface area contributed by atoms with Crippen LogP contribution in [0, 0.1) is 5.82 Å². The first kappa shape index (κ1) is 31.6. The zero-order valence-corrected chi connectivity index (χ0v) is 25.0. The molecule has 2 unspecified atom stereocenters. The summed E-state index contributed by atoms with van der Waals surface area (Å²) in [5.74, 6) is -1.15. The van der Waals surface area contributed by atoms with E-state index in [0.717, 1.165) is 50.2 Å². The van der Waals surface area contributed by atoms with Crippen LogP contribution in [0.5, 0.6) is 0 Å². The van der Waals surface area contributed by atoms with Crippen molar-refractivity contribution in [1.82, 2.24) is 25.2 Å². The van der Waals surface area contributed by atoms with Gasteiger partial charge in [-0.05, 0) is 75.6 Å². The van der Waals surface area contributed by atoms with Crippen molar-refractivity contribution in [2.45, 2.75) is 68.9 Å². The van der Waals surface area contributed by atoms with E-state index in [1.807, 2.05) is 4.90 Å². The molecule has 1 aromatic carbocycles. The molecule has 2 aliphatic rings. The highest BCUT2D eigenvalue weighted by molar-refractivity contribution is 5.97. The molecule has 0 spiro atoms. The normalized spacial score (nSPS) is 16.6. The van der Waals surface area contributed by atoms with E-state index in [1.54, 1.807) is 12.1 Å². The number of anilines is 1. The van der Waals surface area contributed by atoms with E-state index in [1.165, 1.54) is 25.1 Å². The minimum Gasteiger partial charge on any atom is -0.480 e. The Morgan fingerprint density at radius 3 is 2.77 bits per heavy atom. The number of benzene rings is 1. The molecule has 3 heterocycles. The third kappa shape index (κ3) is 7.29. The number of carboxylic acids is 1. The number of carboxylic acid groups (broad SMARTS) is 1. The minimum absolute atomic E-state index is 0.122. The summed E-state index contributed by atoms with van der Waals surface area (Å²) in [7, 11) is 1.45. The Bertz CT molecular complexity index is 1470. The van der Waals surface area contributed by atoms with E-state index in [0.29, 0.717) is 43.6 Å². The molecule has 1 amide bonds. The predicted molar refractivity (Wildman–Crippen MR) is 162 cm³/mol. The Morgan fingerprint density at radius 2 is 2.02 bits per heavy atom. The number of halogens is 2. The average Bonchev–Trinajstić information content (AvgIpc) is 3.85. The molecule has 3 N–H and O–H groups in total. The van der Waals surface area contributed by atoms with Gasteiger partial charge in [-0.1, -0.05) is 18.2 Å². The molecule has 12 heteroatoms. The summed E-state index contributed by atoms with van der Waals surface area (Å²) in [6.45, 7) is 1.52. The Hall–Kier alpha value is -3.77. The molecule has 3 aromatic rings. The zero-order valence-electron chi connectivity index (χ0n) is 25.0. The van der Waals surface area contributed by atoms with Crippen molar-refractivity contribution in [3.63, 3.8) is 0 Å². The van der Waals surface area contributed by atoms with Gasteiger partial charge in [-0.25, -0.2) is 28.5 Å². The number of aromatic nitrogens is 3. The Balaban J connectivity index is 1.19. The lowest BCUT2D eigenvalue weighted by molar-refractivity contribution is -0.142. The number of aliphatic carboxylic acids is 1. The highest BCUT2D eigenvalue weighted by Crippen LogP contribution is 2.49. The number of nitrogens with one attached hydrogen (secondary N) is 2. The van der Waals surface area contributed by atoms with Gasteiger partial charge in [0.1, 0.15) is 36.2 Å². The molecule has 1 saturated carbocycles. The van der Waals surface area contributed by atoms with Crippen LogP contribution >= 0.6 is 0 Å². The maximum Gasteiger partial charge on any atom is 0.326 e. The van der Waals surface area contributed by atoms with Gasteiger partial charge in [0.25, 0.3) is 0 Å². The van der Waals surface area contributed by atoms with Gasteiger partial charge < -0.3 is 25.4 Å². The van der Waals surface area contributed by atoms with Crippen molar-refractivity contribution >= 4 is 28.6 Å². The number of para-hydroxylation sites is 1. The second kappa shape index (κ2) is 14.3. The van der Waals surface area contributed by atoms with Crippen molar-refractivity contribution in [3.8, 4) is 0 Å². The smallest absolute Gasteiger partial charge is 0.326 e. The van der Waals surface area contributed by atoms with E-state index in [-0.39, 0.29) is 11.9 Å². The second-order valence-electron chi connectivity index (χ2n) is 11.7. The molecular formula is C32H40F2N6O4. The quantitative estimate of drug-likeness (QED) is 0.207. The molecule has 2 atom stereocenters.